The highest BCUT2D eigenvalue weighted by Gasteiger charge is 2.29. The van der Waals surface area contributed by atoms with E-state index < -0.39 is 0 Å². The van der Waals surface area contributed by atoms with Crippen LogP contribution in [0.25, 0.3) is 0 Å². The SMILES string of the molecule is COC(=O)CC1CCc2cc(C(=O)c3ccc(C=NN4CCCCC4)cc3)ccc2C1N. The highest BCUT2D eigenvalue weighted by Crippen LogP contribution is 2.35. The summed E-state index contributed by atoms with van der Waals surface area (Å²) in [6, 6.07) is 13.1. The quantitative estimate of drug-likeness (QED) is 0.425. The Morgan fingerprint density at radius 1 is 1.09 bits per heavy atom. The van der Waals surface area contributed by atoms with Crippen LogP contribution in [0.5, 0.6) is 0 Å². The second-order valence-corrected chi connectivity index (χ2v) is 8.73. The minimum Gasteiger partial charge on any atom is -0.469 e. The van der Waals surface area contributed by atoms with E-state index in [-0.39, 0.29) is 23.7 Å². The third kappa shape index (κ3) is 5.07. The van der Waals surface area contributed by atoms with Crippen LogP contribution >= 0.6 is 0 Å². The molecular weight excluding hydrogens is 402 g/mol. The summed E-state index contributed by atoms with van der Waals surface area (Å²) in [5.74, 6) is -0.168. The molecule has 0 spiro atoms. The lowest BCUT2D eigenvalue weighted by Crippen LogP contribution is -2.29. The number of methoxy groups -OCH3 is 1. The van der Waals surface area contributed by atoms with Crippen molar-refractivity contribution >= 4 is 18.0 Å². The fourth-order valence-corrected chi connectivity index (χ4v) is 4.62. The molecular formula is C26H31N3O3. The number of carbonyl (C=O) groups excluding carboxylic acids is 2. The Bertz CT molecular complexity index is 994. The number of carbonyl (C=O) groups is 2. The van der Waals surface area contributed by atoms with Crippen LogP contribution in [-0.4, -0.2) is 43.2 Å². The van der Waals surface area contributed by atoms with Gasteiger partial charge in [0.25, 0.3) is 0 Å². The molecule has 168 valence electrons. The fourth-order valence-electron chi connectivity index (χ4n) is 4.62. The van der Waals surface area contributed by atoms with Crippen molar-refractivity contribution in [1.82, 2.24) is 5.01 Å². The summed E-state index contributed by atoms with van der Waals surface area (Å²) in [4.78, 5) is 24.7. The molecule has 0 saturated carbocycles. The largest absolute Gasteiger partial charge is 0.469 e. The monoisotopic (exact) mass is 433 g/mol. The van der Waals surface area contributed by atoms with Crippen LogP contribution in [0.1, 0.15) is 70.8 Å². The average molecular weight is 434 g/mol. The third-order valence-corrected chi connectivity index (χ3v) is 6.59. The van der Waals surface area contributed by atoms with Gasteiger partial charge in [-0.15, -0.1) is 0 Å². The van der Waals surface area contributed by atoms with Crippen molar-refractivity contribution in [3.05, 3.63) is 70.3 Å². The van der Waals surface area contributed by atoms with Crippen LogP contribution in [0.3, 0.4) is 0 Å². The van der Waals surface area contributed by atoms with Crippen molar-refractivity contribution in [3.8, 4) is 0 Å². The predicted octanol–water partition coefficient (Wildman–Crippen LogP) is 3.86. The number of ketones is 1. The Hall–Kier alpha value is -2.99. The zero-order valence-electron chi connectivity index (χ0n) is 18.6. The smallest absolute Gasteiger partial charge is 0.305 e. The summed E-state index contributed by atoms with van der Waals surface area (Å²) in [5.41, 5.74) is 10.8. The lowest BCUT2D eigenvalue weighted by Gasteiger charge is -2.30. The Balaban J connectivity index is 1.43. The number of nitrogens with zero attached hydrogens (tertiary/aromatic N) is 2. The summed E-state index contributed by atoms with van der Waals surface area (Å²) in [6.07, 6.45) is 7.48. The normalized spacial score (nSPS) is 20.8. The maximum Gasteiger partial charge on any atom is 0.305 e. The molecule has 2 aromatic carbocycles. The molecule has 2 unspecified atom stereocenters. The summed E-state index contributed by atoms with van der Waals surface area (Å²) in [5, 5.41) is 6.66. The number of piperidine rings is 1. The molecule has 2 aromatic rings. The fraction of sp³-hybridized carbons (Fsp3) is 0.423. The minimum atomic E-state index is -0.231. The minimum absolute atomic E-state index is 0.00225. The molecule has 1 saturated heterocycles. The van der Waals surface area contributed by atoms with Gasteiger partial charge >= 0.3 is 5.97 Å². The Labute approximate surface area is 189 Å². The number of rotatable bonds is 6. The first-order valence-corrected chi connectivity index (χ1v) is 11.4. The predicted molar refractivity (Wildman–Crippen MR) is 125 cm³/mol. The number of esters is 1. The molecule has 0 aromatic heterocycles. The van der Waals surface area contributed by atoms with Crippen molar-refractivity contribution in [3.63, 3.8) is 0 Å². The van der Waals surface area contributed by atoms with E-state index in [9.17, 15) is 9.59 Å². The molecule has 1 heterocycles. The van der Waals surface area contributed by atoms with Gasteiger partial charge in [0, 0.05) is 30.3 Å². The molecule has 6 nitrogen and oxygen atoms in total. The first-order valence-electron chi connectivity index (χ1n) is 11.4. The summed E-state index contributed by atoms with van der Waals surface area (Å²) in [6.45, 7) is 2.02. The number of ether oxygens (including phenoxy) is 1. The summed E-state index contributed by atoms with van der Waals surface area (Å²) >= 11 is 0. The lowest BCUT2D eigenvalue weighted by atomic mass is 9.78. The number of aryl methyl sites for hydroxylation is 1. The number of hydrogen-bond acceptors (Lipinski definition) is 6. The topological polar surface area (TPSA) is 85.0 Å². The second-order valence-electron chi connectivity index (χ2n) is 8.73. The highest BCUT2D eigenvalue weighted by atomic mass is 16.5. The highest BCUT2D eigenvalue weighted by molar-refractivity contribution is 6.09. The van der Waals surface area contributed by atoms with Crippen LogP contribution in [-0.2, 0) is 16.0 Å². The van der Waals surface area contributed by atoms with Crippen LogP contribution in [0, 0.1) is 5.92 Å². The lowest BCUT2D eigenvalue weighted by molar-refractivity contribution is -0.142. The molecule has 6 heteroatoms. The molecule has 2 N–H and O–H groups in total. The number of hydrazone groups is 1. The molecule has 0 radical (unpaired) electrons. The van der Waals surface area contributed by atoms with E-state index in [0.29, 0.717) is 17.5 Å². The molecule has 0 bridgehead atoms. The Morgan fingerprint density at radius 3 is 2.53 bits per heavy atom. The number of benzene rings is 2. The van der Waals surface area contributed by atoms with Crippen LogP contribution in [0.4, 0.5) is 0 Å². The van der Waals surface area contributed by atoms with E-state index in [1.165, 1.54) is 26.4 Å². The van der Waals surface area contributed by atoms with E-state index in [1.54, 1.807) is 0 Å². The first-order chi connectivity index (χ1) is 15.5. The van der Waals surface area contributed by atoms with Gasteiger partial charge in [0.2, 0.25) is 0 Å². The van der Waals surface area contributed by atoms with Gasteiger partial charge in [-0.3, -0.25) is 14.6 Å². The molecule has 1 fully saturated rings. The van der Waals surface area contributed by atoms with Crippen molar-refractivity contribution in [1.29, 1.82) is 0 Å². The zero-order valence-corrected chi connectivity index (χ0v) is 18.6. The van der Waals surface area contributed by atoms with Crippen LogP contribution in [0.15, 0.2) is 47.6 Å². The third-order valence-electron chi connectivity index (χ3n) is 6.59. The first kappa shape index (κ1) is 22.2. The summed E-state index contributed by atoms with van der Waals surface area (Å²) in [7, 11) is 1.40. The van der Waals surface area contributed by atoms with Gasteiger partial charge < -0.3 is 10.5 Å². The number of fused-ring (bicyclic) bond motifs is 1. The molecule has 1 aliphatic heterocycles. The van der Waals surface area contributed by atoms with Gasteiger partial charge in [-0.25, -0.2) is 0 Å². The van der Waals surface area contributed by atoms with E-state index in [0.717, 1.165) is 42.6 Å². The van der Waals surface area contributed by atoms with Gasteiger partial charge in [0.1, 0.15) is 0 Å². The molecule has 1 aliphatic carbocycles. The van der Waals surface area contributed by atoms with Gasteiger partial charge in [-0.05, 0) is 60.8 Å². The van der Waals surface area contributed by atoms with E-state index in [1.807, 2.05) is 48.7 Å². The summed E-state index contributed by atoms with van der Waals surface area (Å²) < 4.78 is 4.79. The van der Waals surface area contributed by atoms with Crippen molar-refractivity contribution in [2.45, 2.75) is 44.6 Å². The molecule has 0 amide bonds. The zero-order chi connectivity index (χ0) is 22.5. The Kier molecular flexibility index (Phi) is 7.00. The molecule has 32 heavy (non-hydrogen) atoms. The number of nitrogens with two attached hydrogens (primary N) is 1. The molecule has 4 rings (SSSR count). The van der Waals surface area contributed by atoms with E-state index >= 15 is 0 Å². The van der Waals surface area contributed by atoms with E-state index in [2.05, 4.69) is 10.1 Å². The number of hydrogen-bond donors (Lipinski definition) is 1. The molecule has 2 aliphatic rings. The van der Waals surface area contributed by atoms with Crippen molar-refractivity contribution < 1.29 is 14.3 Å². The van der Waals surface area contributed by atoms with Crippen molar-refractivity contribution in [2.75, 3.05) is 20.2 Å². The van der Waals surface area contributed by atoms with Gasteiger partial charge in [-0.2, -0.15) is 5.10 Å². The maximum absolute atomic E-state index is 13.0. The van der Waals surface area contributed by atoms with Crippen LogP contribution < -0.4 is 5.73 Å². The van der Waals surface area contributed by atoms with Gasteiger partial charge in [0.15, 0.2) is 5.78 Å². The van der Waals surface area contributed by atoms with E-state index in [4.69, 9.17) is 10.5 Å². The van der Waals surface area contributed by atoms with Gasteiger partial charge in [-0.1, -0.05) is 36.4 Å². The van der Waals surface area contributed by atoms with Crippen LogP contribution in [0.2, 0.25) is 0 Å². The van der Waals surface area contributed by atoms with Gasteiger partial charge in [0.05, 0.1) is 19.7 Å². The Morgan fingerprint density at radius 2 is 1.81 bits per heavy atom. The average Bonchev–Trinajstić information content (AvgIpc) is 2.84. The molecule has 2 atom stereocenters. The maximum atomic E-state index is 13.0. The second kappa shape index (κ2) is 10.1. The van der Waals surface area contributed by atoms with Crippen molar-refractivity contribution in [2.24, 2.45) is 16.8 Å². The standard InChI is InChI=1S/C26H31N3O3/c1-32-24(30)16-21-10-9-20-15-22(11-12-23(20)25(21)27)26(31)19-7-5-18(6-8-19)17-28-29-13-3-2-4-14-29/h5-8,11-12,15,17,21,25H,2-4,9-10,13-14,16,27H2,1H3.